The summed E-state index contributed by atoms with van der Waals surface area (Å²) >= 11 is 0. The van der Waals surface area contributed by atoms with Crippen molar-refractivity contribution in [3.63, 3.8) is 0 Å². The lowest BCUT2D eigenvalue weighted by molar-refractivity contribution is 1.19. The van der Waals surface area contributed by atoms with Crippen LogP contribution in [0.5, 0.6) is 0 Å². The van der Waals surface area contributed by atoms with Crippen molar-refractivity contribution >= 4 is 210 Å². The van der Waals surface area contributed by atoms with Crippen LogP contribution in [0.3, 0.4) is 0 Å². The quantitative estimate of drug-likeness (QED) is 0.0655. The molecule has 0 unspecified atom stereocenters. The molecule has 25 aromatic carbocycles. The van der Waals surface area contributed by atoms with Crippen molar-refractivity contribution in [2.24, 2.45) is 0 Å². The van der Waals surface area contributed by atoms with Crippen LogP contribution >= 0.6 is 0 Å². The molecule has 0 spiro atoms. The van der Waals surface area contributed by atoms with Gasteiger partial charge in [0.1, 0.15) is 17.5 Å². The van der Waals surface area contributed by atoms with Crippen LogP contribution in [0.1, 0.15) is 0 Å². The Morgan fingerprint density at radius 3 is 0.770 bits per heavy atom. The topological polar surface area (TPSA) is 58.1 Å². The Morgan fingerprint density at radius 1 is 0.142 bits per heavy atom. The van der Waals surface area contributed by atoms with Gasteiger partial charge in [-0.15, -0.1) is 0 Å². The molecule has 0 aliphatic rings. The van der Waals surface area contributed by atoms with E-state index in [2.05, 4.69) is 588 Å². The molecule has 0 aliphatic carbocycles. The predicted molar refractivity (Wildman–Crippen MR) is 626 cm³/mol. The van der Waals surface area contributed by atoms with Crippen LogP contribution in [0.2, 0.25) is 0 Å². The number of fused-ring (bicyclic) bond motifs is 1. The fourth-order valence-corrected chi connectivity index (χ4v) is 22.0. The number of anilines is 18. The van der Waals surface area contributed by atoms with Crippen LogP contribution in [0.15, 0.2) is 577 Å². The molecule has 3 heterocycles. The SMILES string of the molecule is c1ccc(-c2cccnc2N(c2ccccc2)c2ccc3ccc4c(N(c5ccccc5)c5ccccc5)ccc5ccc2c3c54)cc1.c1ccc(-c2ccnc(N(c3ccccc3)c3ccc4ccc5c(N(c6ccccc6)c6ccccc6)ccc6ccc3c4c65)c2)cc1.c1ccc(N(c2ccccc2)c2ccc3ccc4c(N(c5ccccc5)c5cccc(-c6cccc7ccccc67)n5)ccc5ccc2c3c54)cc1. The average molecular weight is 1890 g/mol. The van der Waals surface area contributed by atoms with Gasteiger partial charge < -0.3 is 14.7 Å². The van der Waals surface area contributed by atoms with Gasteiger partial charge in [-0.2, -0.15) is 0 Å². The largest absolute Gasteiger partial charge is 0.310 e. The van der Waals surface area contributed by atoms with Crippen molar-refractivity contribution in [3.05, 3.63) is 577 Å². The number of rotatable bonds is 21. The zero-order valence-corrected chi connectivity index (χ0v) is 80.9. The van der Waals surface area contributed by atoms with Crippen molar-refractivity contribution in [1.82, 2.24) is 15.0 Å². The highest BCUT2D eigenvalue weighted by molar-refractivity contribution is 6.31. The van der Waals surface area contributed by atoms with E-state index in [1.807, 2.05) is 18.5 Å². The normalized spacial score (nSPS) is 11.4. The first-order chi connectivity index (χ1) is 73.5. The zero-order chi connectivity index (χ0) is 98.2. The Morgan fingerprint density at radius 2 is 0.412 bits per heavy atom. The van der Waals surface area contributed by atoms with Gasteiger partial charge in [0, 0.05) is 107 Å². The van der Waals surface area contributed by atoms with E-state index < -0.39 is 0 Å². The maximum absolute atomic E-state index is 5.38. The molecular weight excluding hydrogens is 1800 g/mol. The summed E-state index contributed by atoms with van der Waals surface area (Å²) in [5.41, 5.74) is 23.2. The smallest absolute Gasteiger partial charge is 0.145 e. The molecule has 696 valence electrons. The molecule has 28 rings (SSSR count). The molecule has 3 aromatic heterocycles. The van der Waals surface area contributed by atoms with Gasteiger partial charge in [-0.05, 0) is 274 Å². The van der Waals surface area contributed by atoms with Crippen molar-refractivity contribution in [2.45, 2.75) is 0 Å². The number of para-hydroxylation sites is 9. The number of nitrogens with zero attached hydrogens (tertiary/aromatic N) is 9. The Labute approximate surface area is 858 Å². The highest BCUT2D eigenvalue weighted by Gasteiger charge is 2.30. The lowest BCUT2D eigenvalue weighted by atomic mass is 9.91. The van der Waals surface area contributed by atoms with Crippen LogP contribution < -0.4 is 29.4 Å². The first kappa shape index (κ1) is 88.3. The number of hydrogen-bond donors (Lipinski definition) is 0. The van der Waals surface area contributed by atoms with Gasteiger partial charge >= 0.3 is 0 Å². The van der Waals surface area contributed by atoms with Crippen LogP contribution in [0, 0.1) is 0 Å². The van der Waals surface area contributed by atoms with Gasteiger partial charge in [0.25, 0.3) is 0 Å². The number of pyridine rings is 3. The number of benzene rings is 25. The Balaban J connectivity index is 0.000000112. The molecule has 0 aliphatic heterocycles. The molecule has 148 heavy (non-hydrogen) atoms. The second-order valence-corrected chi connectivity index (χ2v) is 37.2. The fourth-order valence-electron chi connectivity index (χ4n) is 22.0. The van der Waals surface area contributed by atoms with E-state index in [9.17, 15) is 0 Å². The monoisotopic (exact) mass is 1890 g/mol. The minimum atomic E-state index is 0.867. The molecule has 0 N–H and O–H groups in total. The van der Waals surface area contributed by atoms with Gasteiger partial charge in [-0.3, -0.25) is 14.7 Å². The Hall–Kier alpha value is -19.9. The molecule has 9 nitrogen and oxygen atoms in total. The number of hydrogen-bond acceptors (Lipinski definition) is 9. The van der Waals surface area contributed by atoms with E-state index in [0.717, 1.165) is 131 Å². The average Bonchev–Trinajstić information content (AvgIpc) is 0.724. The van der Waals surface area contributed by atoms with E-state index >= 15 is 0 Å². The fraction of sp³-hybridized carbons (Fsp3) is 0. The van der Waals surface area contributed by atoms with Gasteiger partial charge in [0.15, 0.2) is 0 Å². The van der Waals surface area contributed by atoms with E-state index in [0.29, 0.717) is 0 Å². The van der Waals surface area contributed by atoms with Gasteiger partial charge in [0.05, 0.1) is 39.8 Å². The Bertz CT molecular complexity index is 9480. The van der Waals surface area contributed by atoms with Crippen molar-refractivity contribution in [3.8, 4) is 33.5 Å². The summed E-state index contributed by atoms with van der Waals surface area (Å²) in [5, 5.41) is 24.4. The molecule has 0 atom stereocenters. The summed E-state index contributed by atoms with van der Waals surface area (Å²) in [7, 11) is 0. The molecule has 0 radical (unpaired) electrons. The Kier molecular flexibility index (Phi) is 23.2. The third-order valence-corrected chi connectivity index (χ3v) is 28.6. The lowest BCUT2D eigenvalue weighted by Crippen LogP contribution is -2.13. The van der Waals surface area contributed by atoms with E-state index in [1.165, 1.54) is 113 Å². The second kappa shape index (κ2) is 38.9. The molecule has 0 saturated carbocycles. The predicted octanol–water partition coefficient (Wildman–Crippen LogP) is 38.9. The molecule has 0 saturated heterocycles. The summed E-state index contributed by atoms with van der Waals surface area (Å²) in [6, 6.07) is 201. The highest BCUT2D eigenvalue weighted by atomic mass is 15.2. The summed E-state index contributed by atoms with van der Waals surface area (Å²) in [4.78, 5) is 29.4. The molecule has 0 fully saturated rings. The lowest BCUT2D eigenvalue weighted by Gasteiger charge is -2.29. The molecule has 9 heteroatoms. The van der Waals surface area contributed by atoms with Gasteiger partial charge in [-0.1, -0.05) is 382 Å². The highest BCUT2D eigenvalue weighted by Crippen LogP contribution is 2.54. The minimum Gasteiger partial charge on any atom is -0.310 e. The molecule has 28 aromatic rings. The van der Waals surface area contributed by atoms with Crippen molar-refractivity contribution in [2.75, 3.05) is 29.4 Å². The van der Waals surface area contributed by atoms with E-state index in [-0.39, 0.29) is 0 Å². The zero-order valence-electron chi connectivity index (χ0n) is 80.9. The van der Waals surface area contributed by atoms with Gasteiger partial charge in [0.2, 0.25) is 0 Å². The van der Waals surface area contributed by atoms with Crippen LogP contribution in [-0.2, 0) is 0 Å². The van der Waals surface area contributed by atoms with Crippen LogP contribution in [-0.4, -0.2) is 15.0 Å². The molecule has 0 bridgehead atoms. The number of aromatic nitrogens is 3. The maximum Gasteiger partial charge on any atom is 0.145 e. The van der Waals surface area contributed by atoms with Crippen molar-refractivity contribution in [1.29, 1.82) is 0 Å². The summed E-state index contributed by atoms with van der Waals surface area (Å²) < 4.78 is 0. The van der Waals surface area contributed by atoms with E-state index in [4.69, 9.17) is 15.0 Å². The summed E-state index contributed by atoms with van der Waals surface area (Å²) in [6.45, 7) is 0. The van der Waals surface area contributed by atoms with Crippen molar-refractivity contribution < 1.29 is 0 Å². The molecular formula is C139H95N9. The third kappa shape index (κ3) is 16.3. The standard InChI is InChI=1S/C49H33N3.2C45H31N3/c1-4-16-37(17-5-1)51(38-18-6-2-7-19-38)45-32-28-35-27-31-43-46(33-29-36-26-30-42(45)48(35)49(36)43)52(39-20-8-3-9-21-39)47-25-13-24-44(50-47)41-23-12-15-34-14-10-11-22-40(34)41;1-5-14-32(15-6-1)38-22-13-31-46-45(38)48(37-20-11-4-12-21-37)42-30-26-34-23-27-39-41(29-25-33-24-28-40(42)44(34)43(33)39)47(35-16-7-2-8-17-35)36-18-9-3-10-19-36;1-5-13-32(14-6-1)35-29-30-46-43(31-35)48(38-19-11-4-12-20-38)42-28-24-34-21-25-39-41(27-23-33-22-26-40(42)45(34)44(33)39)47(36-15-7-2-8-16-36)37-17-9-3-10-18-37/h1-33H;2*1-31H. The van der Waals surface area contributed by atoms with Gasteiger partial charge in [-0.25, -0.2) is 15.0 Å². The van der Waals surface area contributed by atoms with Crippen LogP contribution in [0.25, 0.3) is 141 Å². The summed E-state index contributed by atoms with van der Waals surface area (Å²) in [6.07, 6.45) is 3.80. The first-order valence-corrected chi connectivity index (χ1v) is 50.4. The molecule has 0 amide bonds. The summed E-state index contributed by atoms with van der Waals surface area (Å²) in [5.74, 6) is 2.63. The third-order valence-electron chi connectivity index (χ3n) is 28.6. The minimum absolute atomic E-state index is 0.867. The second-order valence-electron chi connectivity index (χ2n) is 37.2. The first-order valence-electron chi connectivity index (χ1n) is 50.4. The van der Waals surface area contributed by atoms with Crippen LogP contribution in [0.4, 0.5) is 103 Å². The maximum atomic E-state index is 5.38. The van der Waals surface area contributed by atoms with E-state index in [1.54, 1.807) is 0 Å².